The van der Waals surface area contributed by atoms with E-state index in [-0.39, 0.29) is 34.8 Å². The zero-order chi connectivity index (χ0) is 19.3. The van der Waals surface area contributed by atoms with Gasteiger partial charge in [0.2, 0.25) is 0 Å². The molecule has 2 atom stereocenters. The largest absolute Gasteiger partial charge is 1.00 e. The van der Waals surface area contributed by atoms with E-state index < -0.39 is 0 Å². The molecule has 0 aromatic heterocycles. The zero-order valence-corrected chi connectivity index (χ0v) is 24.5. The number of rotatable bonds is 0. The molecule has 0 radical (unpaired) electrons. The van der Waals surface area contributed by atoms with Crippen LogP contribution in [0.5, 0.6) is 0 Å². The molecule has 0 nitrogen and oxygen atoms in total. The smallest absolute Gasteiger partial charge is 1.00 e. The predicted molar refractivity (Wildman–Crippen MR) is 114 cm³/mol. The van der Waals surface area contributed by atoms with Crippen molar-refractivity contribution in [3.63, 3.8) is 0 Å². The van der Waals surface area contributed by atoms with Crippen molar-refractivity contribution in [1.82, 2.24) is 0 Å². The van der Waals surface area contributed by atoms with Crippen LogP contribution in [0.1, 0.15) is 84.7 Å². The van der Waals surface area contributed by atoms with Gasteiger partial charge in [0.05, 0.1) is 0 Å². The van der Waals surface area contributed by atoms with Crippen molar-refractivity contribution in [2.45, 2.75) is 89.6 Å². The van der Waals surface area contributed by atoms with Gasteiger partial charge in [0.25, 0.3) is 0 Å². The van der Waals surface area contributed by atoms with Gasteiger partial charge in [-0.3, -0.25) is 0 Å². The Hall–Kier alpha value is 0.706. The number of fused-ring (bicyclic) bond motifs is 2. The van der Waals surface area contributed by atoms with Crippen molar-refractivity contribution >= 4 is 9.98 Å². The summed E-state index contributed by atoms with van der Waals surface area (Å²) in [6.07, 6.45) is 8.17. The second kappa shape index (κ2) is 13.9. The summed E-state index contributed by atoms with van der Waals surface area (Å²) >= 11 is 1.80. The van der Waals surface area contributed by atoms with Crippen molar-refractivity contribution in [3.8, 4) is 0 Å². The molecule has 0 amide bonds. The van der Waals surface area contributed by atoms with Crippen LogP contribution in [0.3, 0.4) is 0 Å². The monoisotopic (exact) mass is 558 g/mol. The number of halogens is 2. The molecule has 0 saturated carbocycles. The molecule has 4 rings (SSSR count). The molecule has 28 heavy (non-hydrogen) atoms. The summed E-state index contributed by atoms with van der Waals surface area (Å²) in [4.78, 5) is 0. The van der Waals surface area contributed by atoms with Gasteiger partial charge in [-0.2, -0.15) is 45.5 Å². The molecule has 0 bridgehead atoms. The van der Waals surface area contributed by atoms with E-state index in [0.717, 1.165) is 11.8 Å². The molecular formula is C24H36Cl2GeZr-2. The fourth-order valence-electron chi connectivity index (χ4n) is 4.33. The van der Waals surface area contributed by atoms with Gasteiger partial charge in [-0.25, -0.2) is 12.1 Å². The average molecular weight is 559 g/mol. The molecule has 0 heterocycles. The summed E-state index contributed by atoms with van der Waals surface area (Å²) in [5, 5.41) is 0. The van der Waals surface area contributed by atoms with Crippen LogP contribution in [0.4, 0.5) is 0 Å². The third kappa shape index (κ3) is 8.83. The molecular weight excluding hydrogens is 523 g/mol. The molecule has 0 fully saturated rings. The van der Waals surface area contributed by atoms with E-state index in [9.17, 15) is 0 Å². The maximum absolute atomic E-state index is 2.37. The van der Waals surface area contributed by atoms with Crippen LogP contribution in [-0.2, 0) is 34.4 Å². The van der Waals surface area contributed by atoms with Crippen molar-refractivity contribution in [3.05, 3.63) is 57.6 Å². The summed E-state index contributed by atoms with van der Waals surface area (Å²) in [7, 11) is -0.243. The van der Waals surface area contributed by atoms with Crippen LogP contribution in [0.2, 0.25) is 11.5 Å². The van der Waals surface area contributed by atoms with Crippen molar-refractivity contribution < 1.29 is 46.4 Å². The van der Waals surface area contributed by atoms with Crippen LogP contribution in [0.15, 0.2) is 24.3 Å². The minimum absolute atomic E-state index is 0. The molecule has 2 aliphatic rings. The number of hydrogen-bond donors (Lipinski definition) is 0. The van der Waals surface area contributed by atoms with Crippen molar-refractivity contribution in [1.29, 1.82) is 0 Å². The van der Waals surface area contributed by atoms with Crippen LogP contribution in [0.25, 0.3) is 0 Å². The summed E-state index contributed by atoms with van der Waals surface area (Å²) in [5.74, 6) is 6.37. The van der Waals surface area contributed by atoms with Gasteiger partial charge in [-0.05, 0) is 0 Å². The summed E-state index contributed by atoms with van der Waals surface area (Å²) in [6.45, 7) is 9.09. The molecule has 2 aromatic carbocycles. The molecule has 2 unspecified atom stereocenters. The second-order valence-electron chi connectivity index (χ2n) is 8.61. The molecule has 2 aliphatic carbocycles. The molecule has 4 heteroatoms. The van der Waals surface area contributed by atoms with Gasteiger partial charge in [-0.1, -0.05) is 78.1 Å². The summed E-state index contributed by atoms with van der Waals surface area (Å²) in [5.41, 5.74) is 9.36. The Morgan fingerprint density at radius 2 is 1.14 bits per heavy atom. The quantitative estimate of drug-likeness (QED) is 0.336. The molecule has 2 aromatic rings. The third-order valence-electron chi connectivity index (χ3n) is 5.54. The molecule has 0 N–H and O–H groups in total. The Morgan fingerprint density at radius 3 is 1.43 bits per heavy atom. The first kappa shape index (κ1) is 28.7. The minimum Gasteiger partial charge on any atom is -1.00 e. The third-order valence-corrected chi connectivity index (χ3v) is 5.54. The van der Waals surface area contributed by atoms with E-state index in [4.69, 9.17) is 0 Å². The van der Waals surface area contributed by atoms with Gasteiger partial charge in [0, 0.05) is 0 Å². The Morgan fingerprint density at radius 1 is 0.821 bits per heavy atom. The van der Waals surface area contributed by atoms with Gasteiger partial charge in [0.1, 0.15) is 0 Å². The Kier molecular flexibility index (Phi) is 14.2. The van der Waals surface area contributed by atoms with Gasteiger partial charge >= 0.3 is 43.1 Å². The second-order valence-corrected chi connectivity index (χ2v) is 25.6. The van der Waals surface area contributed by atoms with Crippen LogP contribution < -0.4 is 24.8 Å². The van der Waals surface area contributed by atoms with Gasteiger partial charge in [-0.15, -0.1) is 0 Å². The van der Waals surface area contributed by atoms with Crippen molar-refractivity contribution in [2.24, 2.45) is 0 Å². The SMILES string of the molecule is Cc1cc2c([cH-]1)CCCC2C.Cc1cc2c([cH-]1)CCCC2C.[CH3][Ge]([CH3])=[Zr+2].[Cl-].[Cl-]. The first-order chi connectivity index (χ1) is 12.3. The van der Waals surface area contributed by atoms with E-state index in [1.165, 1.54) is 49.7 Å². The van der Waals surface area contributed by atoms with E-state index in [2.05, 4.69) is 63.5 Å². The van der Waals surface area contributed by atoms with Crippen LogP contribution >= 0.6 is 0 Å². The van der Waals surface area contributed by atoms with Crippen LogP contribution in [-0.4, -0.2) is 9.98 Å². The maximum Gasteiger partial charge on any atom is -1.00 e. The first-order valence-electron chi connectivity index (χ1n) is 10.3. The summed E-state index contributed by atoms with van der Waals surface area (Å²) < 4.78 is 0. The van der Waals surface area contributed by atoms with Gasteiger partial charge < -0.3 is 24.8 Å². The zero-order valence-electron chi connectivity index (χ0n) is 18.5. The maximum atomic E-state index is 2.37. The molecule has 0 saturated heterocycles. The first-order valence-corrected chi connectivity index (χ1v) is 21.9. The average Bonchev–Trinajstić information content (AvgIpc) is 3.11. The van der Waals surface area contributed by atoms with Crippen LogP contribution in [0, 0.1) is 13.8 Å². The fourth-order valence-corrected chi connectivity index (χ4v) is 4.33. The number of hydrogen-bond acceptors (Lipinski definition) is 0. The van der Waals surface area contributed by atoms with E-state index in [1.54, 1.807) is 43.9 Å². The van der Waals surface area contributed by atoms with E-state index in [0.29, 0.717) is 0 Å². The fraction of sp³-hybridized carbons (Fsp3) is 0.583. The Balaban J connectivity index is 0.000000415. The topological polar surface area (TPSA) is 0 Å². The standard InChI is InChI=1S/2C11H15.C2H6Ge.2ClH.Zr/c2*1-8-6-10-5-3-4-9(2)11(10)7-8;1-3-2;;;/h2*6-7,9H,3-5H2,1-2H3;1-2H3;2*1H;/q2*-1;;;;+2/p-2. The van der Waals surface area contributed by atoms with Gasteiger partial charge in [0.15, 0.2) is 0 Å². The Bertz CT molecular complexity index is 669. The number of aryl methyl sites for hydroxylation is 4. The molecule has 156 valence electrons. The normalized spacial score (nSPS) is 19.3. The summed E-state index contributed by atoms with van der Waals surface area (Å²) in [6, 6.07) is 9.42. The Labute approximate surface area is 202 Å². The minimum atomic E-state index is -0.243. The van der Waals surface area contributed by atoms with E-state index in [1.807, 2.05) is 0 Å². The molecule has 0 aliphatic heterocycles. The molecule has 0 spiro atoms. The van der Waals surface area contributed by atoms with E-state index >= 15 is 0 Å². The van der Waals surface area contributed by atoms with Crippen molar-refractivity contribution in [2.75, 3.05) is 0 Å². The predicted octanol–water partition coefficient (Wildman–Crippen LogP) is 1.10.